The summed E-state index contributed by atoms with van der Waals surface area (Å²) >= 11 is 3.43. The minimum absolute atomic E-state index is 0.0245. The Labute approximate surface area is 122 Å². The quantitative estimate of drug-likeness (QED) is 0.890. The van der Waals surface area contributed by atoms with E-state index in [1.807, 2.05) is 24.3 Å². The lowest BCUT2D eigenvalue weighted by atomic mass is 10.1. The summed E-state index contributed by atoms with van der Waals surface area (Å²) in [5, 5.41) is 2.93. The number of nitrogens with two attached hydrogens (primary N) is 1. The summed E-state index contributed by atoms with van der Waals surface area (Å²) in [5.41, 5.74) is 6.51. The van der Waals surface area contributed by atoms with Crippen molar-refractivity contribution >= 4 is 27.5 Å². The molecule has 1 saturated heterocycles. The van der Waals surface area contributed by atoms with E-state index in [0.717, 1.165) is 23.1 Å². The number of rotatable bonds is 4. The molecule has 0 radical (unpaired) electrons. The molecule has 2 atom stereocenters. The molecule has 19 heavy (non-hydrogen) atoms. The van der Waals surface area contributed by atoms with Gasteiger partial charge in [0.05, 0.1) is 12.2 Å². The smallest absolute Gasteiger partial charge is 0.238 e. The predicted molar refractivity (Wildman–Crippen MR) is 81.0 cm³/mol. The van der Waals surface area contributed by atoms with Crippen LogP contribution in [0, 0.1) is 5.92 Å². The number of hydrogen-bond acceptors (Lipinski definition) is 3. The Balaban J connectivity index is 1.90. The number of carbonyl (C=O) groups is 1. The predicted octanol–water partition coefficient (Wildman–Crippen LogP) is 2.06. The first kappa shape index (κ1) is 14.5. The molecule has 0 bridgehead atoms. The van der Waals surface area contributed by atoms with Crippen LogP contribution in [0.15, 0.2) is 28.7 Å². The lowest BCUT2D eigenvalue weighted by Crippen LogP contribution is -2.36. The maximum absolute atomic E-state index is 12.1. The second kappa shape index (κ2) is 6.50. The zero-order valence-electron chi connectivity index (χ0n) is 11.1. The number of carbonyl (C=O) groups excluding carboxylic acids is 1. The van der Waals surface area contributed by atoms with Gasteiger partial charge in [-0.05, 0) is 53.9 Å². The van der Waals surface area contributed by atoms with Crippen LogP contribution >= 0.6 is 15.9 Å². The first-order chi connectivity index (χ1) is 9.10. The van der Waals surface area contributed by atoms with Gasteiger partial charge < -0.3 is 11.1 Å². The fraction of sp³-hybridized carbons (Fsp3) is 0.500. The number of nitrogens with zero attached hydrogens (tertiary/aromatic N) is 1. The van der Waals surface area contributed by atoms with Crippen molar-refractivity contribution in [3.05, 3.63) is 28.7 Å². The highest BCUT2D eigenvalue weighted by Crippen LogP contribution is 2.23. The zero-order chi connectivity index (χ0) is 13.8. The molecule has 1 aromatic rings. The van der Waals surface area contributed by atoms with Crippen LogP contribution in [0.1, 0.15) is 13.3 Å². The minimum Gasteiger partial charge on any atom is -0.330 e. The van der Waals surface area contributed by atoms with E-state index in [9.17, 15) is 4.79 Å². The summed E-state index contributed by atoms with van der Waals surface area (Å²) in [7, 11) is 0. The maximum atomic E-state index is 12.1. The molecule has 1 aliphatic rings. The average molecular weight is 326 g/mol. The van der Waals surface area contributed by atoms with Gasteiger partial charge in [-0.25, -0.2) is 0 Å². The van der Waals surface area contributed by atoms with Crippen molar-refractivity contribution in [1.29, 1.82) is 0 Å². The van der Waals surface area contributed by atoms with Crippen molar-refractivity contribution < 1.29 is 4.79 Å². The Morgan fingerprint density at radius 3 is 2.89 bits per heavy atom. The summed E-state index contributed by atoms with van der Waals surface area (Å²) in [6, 6.07) is 8.06. The standard InChI is InChI=1S/C14H20BrN3O/c1-10-6-11(7-16)8-18(10)9-14(19)17-13-5-3-2-4-12(13)15/h2-5,10-11H,6-9,16H2,1H3,(H,17,19). The van der Waals surface area contributed by atoms with Gasteiger partial charge in [-0.1, -0.05) is 12.1 Å². The van der Waals surface area contributed by atoms with Crippen molar-refractivity contribution in [1.82, 2.24) is 4.90 Å². The summed E-state index contributed by atoms with van der Waals surface area (Å²) < 4.78 is 0.901. The van der Waals surface area contributed by atoms with Crippen molar-refractivity contribution in [2.75, 3.05) is 25.0 Å². The van der Waals surface area contributed by atoms with E-state index in [4.69, 9.17) is 5.73 Å². The largest absolute Gasteiger partial charge is 0.330 e. The minimum atomic E-state index is 0.0245. The van der Waals surface area contributed by atoms with Crippen molar-refractivity contribution in [2.45, 2.75) is 19.4 Å². The average Bonchev–Trinajstić information content (AvgIpc) is 2.73. The summed E-state index contributed by atoms with van der Waals surface area (Å²) in [6.45, 7) is 4.20. The third-order valence-electron chi connectivity index (χ3n) is 3.62. The lowest BCUT2D eigenvalue weighted by Gasteiger charge is -2.20. The molecule has 3 N–H and O–H groups in total. The van der Waals surface area contributed by atoms with Crippen LogP contribution in [-0.4, -0.2) is 36.5 Å². The maximum Gasteiger partial charge on any atom is 0.238 e. The number of para-hydroxylation sites is 1. The molecule has 5 heteroatoms. The van der Waals surface area contributed by atoms with Crippen LogP contribution in [0.3, 0.4) is 0 Å². The fourth-order valence-corrected chi connectivity index (χ4v) is 2.93. The molecule has 1 aliphatic heterocycles. The SMILES string of the molecule is CC1CC(CN)CN1CC(=O)Nc1ccccc1Br. The van der Waals surface area contributed by atoms with E-state index in [1.54, 1.807) is 0 Å². The molecule has 0 saturated carbocycles. The van der Waals surface area contributed by atoms with Gasteiger partial charge in [-0.15, -0.1) is 0 Å². The molecule has 1 amide bonds. The van der Waals surface area contributed by atoms with E-state index >= 15 is 0 Å². The second-order valence-corrected chi connectivity index (χ2v) is 6.00. The molecule has 2 rings (SSSR count). The van der Waals surface area contributed by atoms with Gasteiger partial charge in [0, 0.05) is 17.1 Å². The first-order valence-corrected chi connectivity index (χ1v) is 7.38. The highest BCUT2D eigenvalue weighted by atomic mass is 79.9. The topological polar surface area (TPSA) is 58.4 Å². The Hall–Kier alpha value is -0.910. The highest BCUT2D eigenvalue weighted by molar-refractivity contribution is 9.10. The van der Waals surface area contributed by atoms with Crippen LogP contribution in [0.5, 0.6) is 0 Å². The van der Waals surface area contributed by atoms with Crippen LogP contribution in [0.4, 0.5) is 5.69 Å². The Bertz CT molecular complexity index is 452. The molecule has 1 fully saturated rings. The Morgan fingerprint density at radius 1 is 1.53 bits per heavy atom. The monoisotopic (exact) mass is 325 g/mol. The second-order valence-electron chi connectivity index (χ2n) is 5.14. The number of amides is 1. The van der Waals surface area contributed by atoms with E-state index < -0.39 is 0 Å². The number of benzene rings is 1. The molecule has 2 unspecified atom stereocenters. The third kappa shape index (κ3) is 3.78. The van der Waals surface area contributed by atoms with Crippen molar-refractivity contribution in [3.63, 3.8) is 0 Å². The van der Waals surface area contributed by atoms with Gasteiger partial charge in [0.2, 0.25) is 5.91 Å². The normalized spacial score (nSPS) is 23.5. The van der Waals surface area contributed by atoms with Gasteiger partial charge in [0.1, 0.15) is 0 Å². The molecular formula is C14H20BrN3O. The molecular weight excluding hydrogens is 306 g/mol. The van der Waals surface area contributed by atoms with Crippen LogP contribution in [0.25, 0.3) is 0 Å². The van der Waals surface area contributed by atoms with Gasteiger partial charge in [-0.3, -0.25) is 9.69 Å². The number of hydrogen-bond donors (Lipinski definition) is 2. The zero-order valence-corrected chi connectivity index (χ0v) is 12.7. The molecule has 4 nitrogen and oxygen atoms in total. The molecule has 0 aromatic heterocycles. The molecule has 1 aromatic carbocycles. The van der Waals surface area contributed by atoms with Gasteiger partial charge in [-0.2, -0.15) is 0 Å². The number of nitrogens with one attached hydrogen (secondary N) is 1. The van der Waals surface area contributed by atoms with Gasteiger partial charge in [0.15, 0.2) is 0 Å². The summed E-state index contributed by atoms with van der Waals surface area (Å²) in [5.74, 6) is 0.544. The van der Waals surface area contributed by atoms with Crippen LogP contribution in [-0.2, 0) is 4.79 Å². The van der Waals surface area contributed by atoms with E-state index in [1.165, 1.54) is 0 Å². The van der Waals surface area contributed by atoms with Crippen LogP contribution in [0.2, 0.25) is 0 Å². The third-order valence-corrected chi connectivity index (χ3v) is 4.31. The van der Waals surface area contributed by atoms with Crippen molar-refractivity contribution in [3.8, 4) is 0 Å². The van der Waals surface area contributed by atoms with E-state index in [2.05, 4.69) is 33.1 Å². The Kier molecular flexibility index (Phi) is 4.96. The van der Waals surface area contributed by atoms with E-state index in [0.29, 0.717) is 25.0 Å². The molecule has 104 valence electrons. The van der Waals surface area contributed by atoms with Crippen LogP contribution < -0.4 is 11.1 Å². The summed E-state index contributed by atoms with van der Waals surface area (Å²) in [4.78, 5) is 14.3. The van der Waals surface area contributed by atoms with Gasteiger partial charge in [0.25, 0.3) is 0 Å². The lowest BCUT2D eigenvalue weighted by molar-refractivity contribution is -0.117. The van der Waals surface area contributed by atoms with E-state index in [-0.39, 0.29) is 5.91 Å². The number of halogens is 1. The van der Waals surface area contributed by atoms with Crippen molar-refractivity contribution in [2.24, 2.45) is 11.7 Å². The first-order valence-electron chi connectivity index (χ1n) is 6.58. The van der Waals surface area contributed by atoms with Gasteiger partial charge >= 0.3 is 0 Å². The number of anilines is 1. The molecule has 1 heterocycles. The number of likely N-dealkylation sites (tertiary alicyclic amines) is 1. The summed E-state index contributed by atoms with van der Waals surface area (Å²) in [6.07, 6.45) is 1.08. The Morgan fingerprint density at radius 2 is 2.26 bits per heavy atom. The highest BCUT2D eigenvalue weighted by Gasteiger charge is 2.29. The molecule has 0 spiro atoms. The fourth-order valence-electron chi connectivity index (χ4n) is 2.55. The molecule has 0 aliphatic carbocycles.